The number of aryl methyl sites for hydroxylation is 1. The summed E-state index contributed by atoms with van der Waals surface area (Å²) in [4.78, 5) is 4.14. The minimum atomic E-state index is -1.08. The number of aromatic nitrogens is 1. The van der Waals surface area contributed by atoms with Crippen molar-refractivity contribution in [2.45, 2.75) is 26.4 Å². The van der Waals surface area contributed by atoms with E-state index in [1.54, 1.807) is 19.3 Å². The Morgan fingerprint density at radius 2 is 2.00 bits per heavy atom. The summed E-state index contributed by atoms with van der Waals surface area (Å²) in [6.07, 6.45) is 3.33. The highest BCUT2D eigenvalue weighted by molar-refractivity contribution is 5.40. The first-order valence-corrected chi connectivity index (χ1v) is 6.42. The van der Waals surface area contributed by atoms with E-state index in [1.807, 2.05) is 44.2 Å². The van der Waals surface area contributed by atoms with E-state index in [0.717, 1.165) is 16.7 Å². The lowest BCUT2D eigenvalue weighted by Crippen LogP contribution is -2.24. The van der Waals surface area contributed by atoms with Gasteiger partial charge in [0, 0.05) is 11.8 Å². The number of hydrogen-bond donors (Lipinski definition) is 1. The summed E-state index contributed by atoms with van der Waals surface area (Å²) < 4.78 is 5.43. The number of ether oxygens (including phenoxy) is 1. The Kier molecular flexibility index (Phi) is 3.86. The van der Waals surface area contributed by atoms with Gasteiger partial charge in [-0.15, -0.1) is 0 Å². The molecular formula is C16H19NO2. The van der Waals surface area contributed by atoms with Gasteiger partial charge >= 0.3 is 0 Å². The van der Waals surface area contributed by atoms with Crippen molar-refractivity contribution >= 4 is 0 Å². The van der Waals surface area contributed by atoms with Gasteiger partial charge in [-0.3, -0.25) is 4.98 Å². The first-order chi connectivity index (χ1) is 9.05. The molecule has 1 unspecified atom stereocenters. The zero-order valence-corrected chi connectivity index (χ0v) is 11.6. The third kappa shape index (κ3) is 2.76. The molecule has 2 rings (SSSR count). The number of rotatable bonds is 4. The van der Waals surface area contributed by atoms with Crippen molar-refractivity contribution in [3.63, 3.8) is 0 Å². The largest absolute Gasteiger partial charge is 0.492 e. The van der Waals surface area contributed by atoms with Crippen LogP contribution in [0.5, 0.6) is 5.75 Å². The third-order valence-electron chi connectivity index (χ3n) is 3.26. The molecule has 0 bridgehead atoms. The van der Waals surface area contributed by atoms with E-state index >= 15 is 0 Å². The van der Waals surface area contributed by atoms with Gasteiger partial charge < -0.3 is 9.84 Å². The molecule has 100 valence electrons. The molecule has 1 atom stereocenters. The number of aliphatic hydroxyl groups is 1. The molecule has 1 aromatic heterocycles. The first kappa shape index (κ1) is 13.6. The monoisotopic (exact) mass is 257 g/mol. The molecule has 3 nitrogen and oxygen atoms in total. The number of pyridine rings is 1. The Morgan fingerprint density at radius 3 is 2.68 bits per heavy atom. The van der Waals surface area contributed by atoms with Crippen molar-refractivity contribution in [2.24, 2.45) is 0 Å². The van der Waals surface area contributed by atoms with Crippen LogP contribution >= 0.6 is 0 Å². The molecule has 1 N–H and O–H groups in total. The molecule has 1 heterocycles. The van der Waals surface area contributed by atoms with Crippen molar-refractivity contribution < 1.29 is 9.84 Å². The molecule has 0 spiro atoms. The molecule has 0 saturated carbocycles. The molecule has 0 fully saturated rings. The van der Waals surface area contributed by atoms with Gasteiger partial charge in [-0.25, -0.2) is 0 Å². The van der Waals surface area contributed by atoms with Crippen LogP contribution in [-0.4, -0.2) is 16.7 Å². The highest BCUT2D eigenvalue weighted by Gasteiger charge is 2.27. The van der Waals surface area contributed by atoms with Crippen LogP contribution < -0.4 is 4.74 Å². The quantitative estimate of drug-likeness (QED) is 0.915. The van der Waals surface area contributed by atoms with E-state index in [-0.39, 0.29) is 0 Å². The van der Waals surface area contributed by atoms with E-state index in [1.165, 1.54) is 0 Å². The fourth-order valence-electron chi connectivity index (χ4n) is 2.21. The van der Waals surface area contributed by atoms with Crippen molar-refractivity contribution in [3.05, 3.63) is 59.4 Å². The predicted octanol–water partition coefficient (Wildman–Crippen LogP) is 3.04. The molecule has 19 heavy (non-hydrogen) atoms. The van der Waals surface area contributed by atoms with Crippen LogP contribution in [0.25, 0.3) is 0 Å². The highest BCUT2D eigenvalue weighted by atomic mass is 16.5. The van der Waals surface area contributed by atoms with Crippen molar-refractivity contribution in [1.82, 2.24) is 4.98 Å². The maximum absolute atomic E-state index is 10.8. The second kappa shape index (κ2) is 5.41. The molecule has 0 amide bonds. The Hall–Kier alpha value is -1.87. The van der Waals surface area contributed by atoms with E-state index in [4.69, 9.17) is 4.74 Å². The Bertz CT molecular complexity index is 564. The number of nitrogens with zero attached hydrogens (tertiary/aromatic N) is 1. The minimum absolute atomic E-state index is 0.581. The Balaban J connectivity index is 2.44. The summed E-state index contributed by atoms with van der Waals surface area (Å²) in [5.41, 5.74) is 1.58. The second-order valence-electron chi connectivity index (χ2n) is 4.73. The molecule has 0 aliphatic carbocycles. The van der Waals surface area contributed by atoms with Crippen LogP contribution in [-0.2, 0) is 5.60 Å². The fourth-order valence-corrected chi connectivity index (χ4v) is 2.21. The number of benzene rings is 1. The van der Waals surface area contributed by atoms with Crippen LogP contribution in [0.3, 0.4) is 0 Å². The highest BCUT2D eigenvalue weighted by Crippen LogP contribution is 2.32. The van der Waals surface area contributed by atoms with E-state index in [2.05, 4.69) is 4.98 Å². The summed E-state index contributed by atoms with van der Waals surface area (Å²) in [6, 6.07) is 9.65. The SMILES string of the molecule is CCOc1cncc(C(C)(O)c2ccccc2C)c1. The van der Waals surface area contributed by atoms with Crippen LogP contribution in [0.2, 0.25) is 0 Å². The summed E-state index contributed by atoms with van der Waals surface area (Å²) in [7, 11) is 0. The lowest BCUT2D eigenvalue weighted by molar-refractivity contribution is 0.101. The van der Waals surface area contributed by atoms with E-state index < -0.39 is 5.60 Å². The minimum Gasteiger partial charge on any atom is -0.492 e. The van der Waals surface area contributed by atoms with Crippen molar-refractivity contribution in [1.29, 1.82) is 0 Å². The maximum atomic E-state index is 10.8. The van der Waals surface area contributed by atoms with Gasteiger partial charge in [-0.05, 0) is 38.0 Å². The van der Waals surface area contributed by atoms with E-state index in [0.29, 0.717) is 12.4 Å². The van der Waals surface area contributed by atoms with Crippen molar-refractivity contribution in [2.75, 3.05) is 6.61 Å². The molecule has 0 saturated heterocycles. The van der Waals surface area contributed by atoms with Crippen molar-refractivity contribution in [3.8, 4) is 5.75 Å². The Labute approximate surface area is 113 Å². The van der Waals surface area contributed by atoms with Crippen LogP contribution in [0.4, 0.5) is 0 Å². The van der Waals surface area contributed by atoms with Crippen LogP contribution in [0.15, 0.2) is 42.7 Å². The predicted molar refractivity (Wildman–Crippen MR) is 75.3 cm³/mol. The van der Waals surface area contributed by atoms with Gasteiger partial charge in [0.05, 0.1) is 12.8 Å². The molecule has 3 heteroatoms. The molecule has 1 aromatic carbocycles. The average molecular weight is 257 g/mol. The van der Waals surface area contributed by atoms with Gasteiger partial charge in [0.1, 0.15) is 11.4 Å². The fraction of sp³-hybridized carbons (Fsp3) is 0.312. The average Bonchev–Trinajstić information content (AvgIpc) is 2.40. The van der Waals surface area contributed by atoms with Gasteiger partial charge in [-0.2, -0.15) is 0 Å². The number of hydrogen-bond acceptors (Lipinski definition) is 3. The second-order valence-corrected chi connectivity index (χ2v) is 4.73. The Morgan fingerprint density at radius 1 is 1.26 bits per heavy atom. The lowest BCUT2D eigenvalue weighted by atomic mass is 9.86. The normalized spacial score (nSPS) is 13.9. The molecular weight excluding hydrogens is 238 g/mol. The van der Waals surface area contributed by atoms with Gasteiger partial charge in [0.2, 0.25) is 0 Å². The van der Waals surface area contributed by atoms with E-state index in [9.17, 15) is 5.11 Å². The van der Waals surface area contributed by atoms with Crippen LogP contribution in [0.1, 0.15) is 30.5 Å². The molecule has 0 aliphatic rings. The lowest BCUT2D eigenvalue weighted by Gasteiger charge is -2.26. The molecule has 0 aliphatic heterocycles. The zero-order chi connectivity index (χ0) is 13.9. The maximum Gasteiger partial charge on any atom is 0.137 e. The zero-order valence-electron chi connectivity index (χ0n) is 11.6. The first-order valence-electron chi connectivity index (χ1n) is 6.42. The molecule has 0 radical (unpaired) electrons. The summed E-state index contributed by atoms with van der Waals surface area (Å²) in [5, 5.41) is 10.8. The standard InChI is InChI=1S/C16H19NO2/c1-4-19-14-9-13(10-17-11-14)16(3,18)15-8-6-5-7-12(15)2/h5-11,18H,4H2,1-3H3. The van der Waals surface area contributed by atoms with Gasteiger partial charge in [0.25, 0.3) is 0 Å². The summed E-state index contributed by atoms with van der Waals surface area (Å²) in [5.74, 6) is 0.675. The molecule has 2 aromatic rings. The third-order valence-corrected chi connectivity index (χ3v) is 3.26. The summed E-state index contributed by atoms with van der Waals surface area (Å²) in [6.45, 7) is 6.27. The van der Waals surface area contributed by atoms with Gasteiger partial charge in [0.15, 0.2) is 0 Å². The summed E-state index contributed by atoms with van der Waals surface area (Å²) >= 11 is 0. The smallest absolute Gasteiger partial charge is 0.137 e. The van der Waals surface area contributed by atoms with Crippen LogP contribution in [0, 0.1) is 6.92 Å². The van der Waals surface area contributed by atoms with Gasteiger partial charge in [-0.1, -0.05) is 24.3 Å². The topological polar surface area (TPSA) is 42.4 Å².